The van der Waals surface area contributed by atoms with Crippen LogP contribution >= 0.6 is 45.2 Å². The molecule has 2 aromatic carbocycles. The standard InChI is InChI=1S/C24H26I2N4O4/c1-14(2)13-34-24(32)29-21(10-16-12-27-20-7-5-4-6-17(16)20)23(31)30-28-11-15-8-18(25)22(33-3)19(26)9-15/h4-9,11-12,14,21,27H,10,13H2,1-3H3,(H,29,32)(H,30,31)/b28-11+. The number of para-hydroxylation sites is 1. The molecule has 34 heavy (non-hydrogen) atoms. The second kappa shape index (κ2) is 12.4. The molecular formula is C24H26I2N4O4. The van der Waals surface area contributed by atoms with Crippen molar-refractivity contribution >= 4 is 74.3 Å². The number of hydrazone groups is 1. The Morgan fingerprint density at radius 2 is 1.88 bits per heavy atom. The predicted molar refractivity (Wildman–Crippen MR) is 149 cm³/mol. The molecule has 0 saturated carbocycles. The Labute approximate surface area is 225 Å². The van der Waals surface area contributed by atoms with Gasteiger partial charge in [-0.1, -0.05) is 32.0 Å². The second-order valence-corrected chi connectivity index (χ2v) is 10.3. The van der Waals surface area contributed by atoms with Crippen molar-refractivity contribution in [2.24, 2.45) is 11.0 Å². The van der Waals surface area contributed by atoms with Gasteiger partial charge in [-0.15, -0.1) is 0 Å². The van der Waals surface area contributed by atoms with Gasteiger partial charge in [-0.05, 0) is 80.4 Å². The first kappa shape index (κ1) is 26.3. The molecule has 0 bridgehead atoms. The van der Waals surface area contributed by atoms with E-state index in [1.165, 1.54) is 0 Å². The fraction of sp³-hybridized carbons (Fsp3) is 0.292. The molecular weight excluding hydrogens is 662 g/mol. The van der Waals surface area contributed by atoms with Crippen LogP contribution in [0.25, 0.3) is 10.9 Å². The highest BCUT2D eigenvalue weighted by Gasteiger charge is 2.23. The number of hydrogen-bond acceptors (Lipinski definition) is 5. The quantitative estimate of drug-likeness (QED) is 0.170. The number of nitrogens with one attached hydrogen (secondary N) is 3. The Kier molecular flexibility index (Phi) is 9.56. The van der Waals surface area contributed by atoms with E-state index in [1.54, 1.807) is 13.3 Å². The highest BCUT2D eigenvalue weighted by Crippen LogP contribution is 2.28. The van der Waals surface area contributed by atoms with Crippen molar-refractivity contribution in [3.8, 4) is 5.75 Å². The first-order valence-electron chi connectivity index (χ1n) is 10.6. The number of methoxy groups -OCH3 is 1. The van der Waals surface area contributed by atoms with Crippen LogP contribution in [0.5, 0.6) is 5.75 Å². The van der Waals surface area contributed by atoms with E-state index in [4.69, 9.17) is 9.47 Å². The number of fused-ring (bicyclic) bond motifs is 1. The van der Waals surface area contributed by atoms with Gasteiger partial charge in [0.15, 0.2) is 0 Å². The summed E-state index contributed by atoms with van der Waals surface area (Å²) < 4.78 is 12.5. The summed E-state index contributed by atoms with van der Waals surface area (Å²) in [7, 11) is 1.63. The second-order valence-electron chi connectivity index (χ2n) is 8.00. The van der Waals surface area contributed by atoms with Crippen molar-refractivity contribution < 1.29 is 19.1 Å². The molecule has 3 rings (SSSR count). The van der Waals surface area contributed by atoms with Crippen LogP contribution in [0.3, 0.4) is 0 Å². The number of alkyl carbamates (subject to hydrolysis) is 1. The first-order valence-corrected chi connectivity index (χ1v) is 12.8. The first-order chi connectivity index (χ1) is 16.3. The van der Waals surface area contributed by atoms with Crippen molar-refractivity contribution in [2.75, 3.05) is 13.7 Å². The Hall–Kier alpha value is -2.35. The number of ether oxygens (including phenoxy) is 2. The van der Waals surface area contributed by atoms with Gasteiger partial charge in [0.25, 0.3) is 5.91 Å². The molecule has 0 saturated heterocycles. The molecule has 10 heteroatoms. The van der Waals surface area contributed by atoms with Gasteiger partial charge in [-0.3, -0.25) is 4.79 Å². The molecule has 3 N–H and O–H groups in total. The van der Waals surface area contributed by atoms with Crippen molar-refractivity contribution in [2.45, 2.75) is 26.3 Å². The van der Waals surface area contributed by atoms with E-state index < -0.39 is 18.0 Å². The molecule has 1 atom stereocenters. The largest absolute Gasteiger partial charge is 0.495 e. The number of benzene rings is 2. The lowest BCUT2D eigenvalue weighted by Gasteiger charge is -2.17. The maximum atomic E-state index is 13.0. The van der Waals surface area contributed by atoms with Crippen LogP contribution in [0.2, 0.25) is 0 Å². The van der Waals surface area contributed by atoms with Crippen molar-refractivity contribution in [3.63, 3.8) is 0 Å². The van der Waals surface area contributed by atoms with E-state index in [1.807, 2.05) is 56.4 Å². The highest BCUT2D eigenvalue weighted by molar-refractivity contribution is 14.1. The van der Waals surface area contributed by atoms with Gasteiger partial charge in [0.2, 0.25) is 0 Å². The molecule has 180 valence electrons. The third-order valence-corrected chi connectivity index (χ3v) is 6.47. The molecule has 0 aliphatic heterocycles. The van der Waals surface area contributed by atoms with Crippen LogP contribution in [0, 0.1) is 13.1 Å². The van der Waals surface area contributed by atoms with E-state index >= 15 is 0 Å². The number of aromatic amines is 1. The SMILES string of the molecule is COc1c(I)cc(/C=N/NC(=O)C(Cc2c[nH]c3ccccc23)NC(=O)OCC(C)C)cc1I. The fourth-order valence-electron chi connectivity index (χ4n) is 3.25. The zero-order valence-corrected chi connectivity index (χ0v) is 23.3. The van der Waals surface area contributed by atoms with Crippen LogP contribution in [0.4, 0.5) is 4.79 Å². The lowest BCUT2D eigenvalue weighted by molar-refractivity contribution is -0.123. The van der Waals surface area contributed by atoms with Crippen molar-refractivity contribution in [3.05, 3.63) is 60.9 Å². The third-order valence-electron chi connectivity index (χ3n) is 4.87. The van der Waals surface area contributed by atoms with Gasteiger partial charge >= 0.3 is 6.09 Å². The number of hydrogen-bond donors (Lipinski definition) is 3. The summed E-state index contributed by atoms with van der Waals surface area (Å²) in [5.74, 6) is 0.539. The van der Waals surface area contributed by atoms with Crippen LogP contribution < -0.4 is 15.5 Å². The van der Waals surface area contributed by atoms with Gasteiger partial charge in [0, 0.05) is 23.5 Å². The third kappa shape index (κ3) is 7.08. The number of nitrogens with zero attached hydrogens (tertiary/aromatic N) is 1. The maximum Gasteiger partial charge on any atom is 0.407 e. The maximum absolute atomic E-state index is 13.0. The lowest BCUT2D eigenvalue weighted by atomic mass is 10.0. The molecule has 0 aliphatic rings. The molecule has 8 nitrogen and oxygen atoms in total. The summed E-state index contributed by atoms with van der Waals surface area (Å²) >= 11 is 4.38. The molecule has 1 aromatic heterocycles. The number of carbonyl (C=O) groups excluding carboxylic acids is 2. The minimum Gasteiger partial charge on any atom is -0.495 e. The van der Waals surface area contributed by atoms with E-state index in [0.717, 1.165) is 34.9 Å². The topological polar surface area (TPSA) is 105 Å². The molecule has 0 aliphatic carbocycles. The lowest BCUT2D eigenvalue weighted by Crippen LogP contribution is -2.47. The molecule has 3 aromatic rings. The van der Waals surface area contributed by atoms with Gasteiger partial charge in [-0.25, -0.2) is 10.2 Å². The number of carbonyl (C=O) groups is 2. The van der Waals surface area contributed by atoms with Crippen molar-refractivity contribution in [1.82, 2.24) is 15.7 Å². The number of rotatable bonds is 9. The van der Waals surface area contributed by atoms with E-state index in [0.29, 0.717) is 0 Å². The predicted octanol–water partition coefficient (Wildman–Crippen LogP) is 4.83. The summed E-state index contributed by atoms with van der Waals surface area (Å²) in [6.07, 6.45) is 3.04. The summed E-state index contributed by atoms with van der Waals surface area (Å²) in [5, 5.41) is 7.77. The normalized spacial score (nSPS) is 12.2. The number of amides is 2. The number of halogens is 2. The molecule has 0 radical (unpaired) electrons. The molecule has 1 unspecified atom stereocenters. The number of aromatic nitrogens is 1. The molecule has 1 heterocycles. The Morgan fingerprint density at radius 1 is 1.18 bits per heavy atom. The van der Waals surface area contributed by atoms with Crippen LogP contribution in [-0.4, -0.2) is 43.0 Å². The molecule has 0 fully saturated rings. The van der Waals surface area contributed by atoms with Gasteiger partial charge in [-0.2, -0.15) is 5.10 Å². The van der Waals surface area contributed by atoms with Gasteiger partial charge in [0.1, 0.15) is 11.8 Å². The minimum absolute atomic E-state index is 0.186. The molecule has 2 amide bonds. The summed E-state index contributed by atoms with van der Waals surface area (Å²) in [4.78, 5) is 28.5. The fourth-order valence-corrected chi connectivity index (χ4v) is 5.51. The van der Waals surface area contributed by atoms with E-state index in [-0.39, 0.29) is 18.9 Å². The summed E-state index contributed by atoms with van der Waals surface area (Å²) in [6, 6.07) is 10.7. The zero-order valence-electron chi connectivity index (χ0n) is 19.0. The monoisotopic (exact) mass is 688 g/mol. The van der Waals surface area contributed by atoms with E-state index in [9.17, 15) is 9.59 Å². The number of H-pyrrole nitrogens is 1. The Balaban J connectivity index is 1.74. The summed E-state index contributed by atoms with van der Waals surface area (Å²) in [6.45, 7) is 4.15. The van der Waals surface area contributed by atoms with Crippen LogP contribution in [0.1, 0.15) is 25.0 Å². The van der Waals surface area contributed by atoms with Crippen molar-refractivity contribution in [1.29, 1.82) is 0 Å². The highest BCUT2D eigenvalue weighted by atomic mass is 127. The Morgan fingerprint density at radius 3 is 2.56 bits per heavy atom. The van der Waals surface area contributed by atoms with Crippen LogP contribution in [-0.2, 0) is 16.0 Å². The van der Waals surface area contributed by atoms with Gasteiger partial charge in [0.05, 0.1) is 27.1 Å². The van der Waals surface area contributed by atoms with E-state index in [2.05, 4.69) is 66.0 Å². The molecule has 0 spiro atoms. The summed E-state index contributed by atoms with van der Waals surface area (Å²) in [5.41, 5.74) is 5.22. The Bertz CT molecular complexity index is 1170. The van der Waals surface area contributed by atoms with Crippen LogP contribution in [0.15, 0.2) is 47.7 Å². The van der Waals surface area contributed by atoms with Gasteiger partial charge < -0.3 is 19.8 Å². The minimum atomic E-state index is -0.868. The smallest absolute Gasteiger partial charge is 0.407 e. The average Bonchev–Trinajstić information content (AvgIpc) is 3.20. The zero-order chi connectivity index (χ0) is 24.7. The average molecular weight is 688 g/mol.